The van der Waals surface area contributed by atoms with Crippen molar-refractivity contribution in [2.75, 3.05) is 36.0 Å². The molecule has 2 aliphatic rings. The SMILES string of the molecule is C=O.C=O.CCNc1cc(F)cc2c1NC(=O)C2(C)N1CCCCC1.Nc1ccc(OF)cc1. The number of likely N-dealkylation sites (tertiary alicyclic amines) is 1. The first-order valence-corrected chi connectivity index (χ1v) is 10.8. The van der Waals surface area contributed by atoms with Crippen LogP contribution < -0.4 is 21.3 Å². The van der Waals surface area contributed by atoms with E-state index in [2.05, 4.69) is 20.5 Å². The molecular weight excluding hydrogens is 446 g/mol. The van der Waals surface area contributed by atoms with Gasteiger partial charge in [0, 0.05) is 22.3 Å². The molecule has 0 radical (unpaired) electrons. The fourth-order valence-electron chi connectivity index (χ4n) is 3.99. The average molecular weight is 479 g/mol. The highest BCUT2D eigenvalue weighted by atomic mass is 19.3. The van der Waals surface area contributed by atoms with Gasteiger partial charge in [0.25, 0.3) is 0 Å². The summed E-state index contributed by atoms with van der Waals surface area (Å²) >= 11 is 0. The summed E-state index contributed by atoms with van der Waals surface area (Å²) in [5, 5.41) is 6.09. The molecule has 0 saturated carbocycles. The lowest BCUT2D eigenvalue weighted by molar-refractivity contribution is -0.127. The monoisotopic (exact) mass is 478 g/mol. The normalized spacial score (nSPS) is 18.4. The molecule has 1 unspecified atom stereocenters. The molecule has 1 atom stereocenters. The maximum atomic E-state index is 14.0. The quantitative estimate of drug-likeness (QED) is 0.568. The molecule has 0 aromatic heterocycles. The molecule has 0 bridgehead atoms. The molecule has 34 heavy (non-hydrogen) atoms. The predicted molar refractivity (Wildman–Crippen MR) is 129 cm³/mol. The van der Waals surface area contributed by atoms with Crippen molar-refractivity contribution in [3.8, 4) is 5.75 Å². The lowest BCUT2D eigenvalue weighted by Crippen LogP contribution is -2.50. The van der Waals surface area contributed by atoms with Gasteiger partial charge >= 0.3 is 0 Å². The van der Waals surface area contributed by atoms with E-state index in [9.17, 15) is 13.7 Å². The van der Waals surface area contributed by atoms with Crippen LogP contribution in [0.1, 0.15) is 38.7 Å². The molecule has 4 rings (SSSR count). The van der Waals surface area contributed by atoms with Gasteiger partial charge in [-0.2, -0.15) is 0 Å². The van der Waals surface area contributed by atoms with Crippen LogP contribution in [0.2, 0.25) is 0 Å². The minimum atomic E-state index is -0.762. The molecule has 2 aliphatic heterocycles. The first-order chi connectivity index (χ1) is 16.4. The van der Waals surface area contributed by atoms with Gasteiger partial charge in [-0.05, 0) is 76.2 Å². The minimum Gasteiger partial charge on any atom is -0.399 e. The Bertz CT molecular complexity index is 922. The zero-order chi connectivity index (χ0) is 25.7. The minimum absolute atomic E-state index is 0.0517. The highest BCUT2D eigenvalue weighted by molar-refractivity contribution is 6.08. The van der Waals surface area contributed by atoms with Crippen molar-refractivity contribution < 1.29 is 28.2 Å². The number of nitrogens with two attached hydrogens (primary N) is 1. The smallest absolute Gasteiger partial charge is 0.249 e. The van der Waals surface area contributed by atoms with Crippen LogP contribution in [0.25, 0.3) is 0 Å². The summed E-state index contributed by atoms with van der Waals surface area (Å²) in [5.74, 6) is -0.183. The van der Waals surface area contributed by atoms with Gasteiger partial charge in [0.1, 0.15) is 24.9 Å². The molecule has 2 heterocycles. The van der Waals surface area contributed by atoms with E-state index >= 15 is 0 Å². The van der Waals surface area contributed by atoms with Gasteiger partial charge in [0.05, 0.1) is 11.4 Å². The van der Waals surface area contributed by atoms with Crippen molar-refractivity contribution >= 4 is 36.5 Å². The van der Waals surface area contributed by atoms with Crippen LogP contribution in [0.5, 0.6) is 5.75 Å². The number of nitrogens with zero attached hydrogens (tertiary/aromatic N) is 1. The molecule has 10 heteroatoms. The van der Waals surface area contributed by atoms with E-state index in [4.69, 9.17) is 15.3 Å². The Labute approximate surface area is 198 Å². The molecule has 4 N–H and O–H groups in total. The molecule has 2 aromatic rings. The van der Waals surface area contributed by atoms with E-state index in [-0.39, 0.29) is 17.5 Å². The number of carbonyl (C=O) groups excluding carboxylic acids is 3. The van der Waals surface area contributed by atoms with Crippen molar-refractivity contribution in [1.82, 2.24) is 4.90 Å². The van der Waals surface area contributed by atoms with E-state index in [1.54, 1.807) is 12.1 Å². The highest BCUT2D eigenvalue weighted by Gasteiger charge is 2.48. The van der Waals surface area contributed by atoms with Crippen molar-refractivity contribution in [1.29, 1.82) is 0 Å². The van der Waals surface area contributed by atoms with Gasteiger partial charge in [-0.3, -0.25) is 14.6 Å². The molecule has 8 nitrogen and oxygen atoms in total. The summed E-state index contributed by atoms with van der Waals surface area (Å²) in [4.78, 5) is 34.2. The number of nitrogens with one attached hydrogen (secondary N) is 2. The molecule has 0 spiro atoms. The summed E-state index contributed by atoms with van der Waals surface area (Å²) in [5.41, 5.74) is 7.29. The van der Waals surface area contributed by atoms with Crippen LogP contribution in [0.3, 0.4) is 0 Å². The first-order valence-electron chi connectivity index (χ1n) is 10.8. The number of amides is 1. The Balaban J connectivity index is 0.000000373. The molecule has 186 valence electrons. The Kier molecular flexibility index (Phi) is 11.6. The summed E-state index contributed by atoms with van der Waals surface area (Å²) in [7, 11) is 0. The van der Waals surface area contributed by atoms with Crippen LogP contribution in [0.15, 0.2) is 36.4 Å². The van der Waals surface area contributed by atoms with Crippen LogP contribution in [-0.2, 0) is 19.9 Å². The number of hydrogen-bond acceptors (Lipinski definition) is 7. The maximum Gasteiger partial charge on any atom is 0.249 e. The van der Waals surface area contributed by atoms with Crippen molar-refractivity contribution in [2.24, 2.45) is 0 Å². The first kappa shape index (κ1) is 28.5. The van der Waals surface area contributed by atoms with Gasteiger partial charge < -0.3 is 26.0 Å². The summed E-state index contributed by atoms with van der Waals surface area (Å²) < 4.78 is 25.3. The Morgan fingerprint density at radius 3 is 2.24 bits per heavy atom. The van der Waals surface area contributed by atoms with E-state index in [1.165, 1.54) is 30.7 Å². The predicted octanol–water partition coefficient (Wildman–Crippen LogP) is 4.07. The summed E-state index contributed by atoms with van der Waals surface area (Å²) in [6, 6.07) is 8.99. The van der Waals surface area contributed by atoms with Gasteiger partial charge in [-0.25, -0.2) is 4.39 Å². The van der Waals surface area contributed by atoms with Gasteiger partial charge in [-0.1, -0.05) is 6.42 Å². The topological polar surface area (TPSA) is 114 Å². The number of halogens is 2. The number of benzene rings is 2. The van der Waals surface area contributed by atoms with Gasteiger partial charge in [-0.15, -0.1) is 0 Å². The third-order valence-electron chi connectivity index (χ3n) is 5.63. The second-order valence-electron chi connectivity index (χ2n) is 7.63. The second-order valence-corrected chi connectivity index (χ2v) is 7.63. The largest absolute Gasteiger partial charge is 0.399 e. The van der Waals surface area contributed by atoms with Crippen LogP contribution in [0.4, 0.5) is 26.0 Å². The van der Waals surface area contributed by atoms with Crippen LogP contribution in [-0.4, -0.2) is 44.0 Å². The standard InChI is InChI=1S/C16H22FN3O.C6H6FNO.2CH2O/c1-3-18-13-10-11(17)9-12-14(13)19-15(21)16(12,2)20-7-5-4-6-8-20;7-9-6-3-1-5(8)2-4-6;2*1-2/h9-10,18H,3-8H2,1-2H3,(H,19,21);1-4H,8H2;2*1H2. The summed E-state index contributed by atoms with van der Waals surface area (Å²) in [6.45, 7) is 10.3. The summed E-state index contributed by atoms with van der Waals surface area (Å²) in [6.07, 6.45) is 3.38. The molecular formula is C24H32F2N4O4. The average Bonchev–Trinajstić information content (AvgIpc) is 3.14. The Hall–Kier alpha value is -3.53. The molecule has 2 aromatic carbocycles. The number of carbonyl (C=O) groups is 3. The lowest BCUT2D eigenvalue weighted by atomic mass is 9.89. The van der Waals surface area contributed by atoms with Gasteiger partial charge in [0.15, 0.2) is 5.75 Å². The number of anilines is 3. The van der Waals surface area contributed by atoms with E-state index in [0.717, 1.165) is 37.2 Å². The molecule has 0 aliphatic carbocycles. The third kappa shape index (κ3) is 6.50. The zero-order valence-corrected chi connectivity index (χ0v) is 19.5. The fourth-order valence-corrected chi connectivity index (χ4v) is 3.99. The Morgan fingerprint density at radius 2 is 1.71 bits per heavy atom. The highest BCUT2D eigenvalue weighted by Crippen LogP contribution is 2.45. The number of hydrogen-bond donors (Lipinski definition) is 3. The van der Waals surface area contributed by atoms with Crippen LogP contribution >= 0.6 is 0 Å². The van der Waals surface area contributed by atoms with E-state index in [1.807, 2.05) is 27.4 Å². The lowest BCUT2D eigenvalue weighted by Gasteiger charge is -2.39. The van der Waals surface area contributed by atoms with Gasteiger partial charge in [0.2, 0.25) is 5.91 Å². The zero-order valence-electron chi connectivity index (χ0n) is 19.5. The number of piperidine rings is 1. The Morgan fingerprint density at radius 1 is 1.12 bits per heavy atom. The molecule has 1 saturated heterocycles. The van der Waals surface area contributed by atoms with Crippen molar-refractivity contribution in [3.05, 3.63) is 47.8 Å². The van der Waals surface area contributed by atoms with Crippen LogP contribution in [0, 0.1) is 5.82 Å². The number of fused-ring (bicyclic) bond motifs is 1. The molecule has 1 fully saturated rings. The fraction of sp³-hybridized carbons (Fsp3) is 0.375. The number of rotatable bonds is 4. The van der Waals surface area contributed by atoms with E-state index in [0.29, 0.717) is 17.9 Å². The van der Waals surface area contributed by atoms with Crippen molar-refractivity contribution in [2.45, 2.75) is 38.6 Å². The second kappa shape index (κ2) is 13.9. The van der Waals surface area contributed by atoms with E-state index < -0.39 is 5.54 Å². The molecule has 1 amide bonds. The van der Waals surface area contributed by atoms with Crippen molar-refractivity contribution in [3.63, 3.8) is 0 Å². The maximum absolute atomic E-state index is 14.0. The third-order valence-corrected chi connectivity index (χ3v) is 5.63. The number of nitrogen functional groups attached to an aromatic ring is 1.